The SMILES string of the molecule is Nc1nccc2cc(CNC(=O)[C@@H]3CCCN3C(=O)[C@@H](CC3CCCCC3)NC(=O)OCc3ccccc3)ccc12. The number of pyridine rings is 1. The second-order valence-corrected chi connectivity index (χ2v) is 11.2. The van der Waals surface area contributed by atoms with E-state index in [1.165, 1.54) is 6.42 Å². The number of rotatable bonds is 9. The summed E-state index contributed by atoms with van der Waals surface area (Å²) in [6.45, 7) is 0.954. The molecule has 1 saturated heterocycles. The second kappa shape index (κ2) is 13.5. The maximum absolute atomic E-state index is 13.9. The molecule has 0 spiro atoms. The van der Waals surface area contributed by atoms with Gasteiger partial charge in [0, 0.05) is 24.7 Å². The Morgan fingerprint density at radius 3 is 2.59 bits per heavy atom. The lowest BCUT2D eigenvalue weighted by Crippen LogP contribution is -2.54. The van der Waals surface area contributed by atoms with Crippen LogP contribution in [0.5, 0.6) is 0 Å². The first kappa shape index (κ1) is 28.4. The number of nitrogen functional groups attached to an aromatic ring is 1. The van der Waals surface area contributed by atoms with Crippen molar-refractivity contribution in [1.29, 1.82) is 0 Å². The number of ether oxygens (including phenoxy) is 1. The molecule has 3 aromatic rings. The van der Waals surface area contributed by atoms with Gasteiger partial charge in [0.05, 0.1) is 0 Å². The van der Waals surface area contributed by atoms with Crippen LogP contribution in [0.25, 0.3) is 10.8 Å². The molecule has 216 valence electrons. The number of nitrogens with two attached hydrogens (primary N) is 1. The van der Waals surface area contributed by atoms with Gasteiger partial charge in [-0.25, -0.2) is 9.78 Å². The standard InChI is InChI=1S/C32H39N5O4/c33-29-26-14-13-24(18-25(26)15-16-34-29)20-35-30(38)28-12-7-17-37(28)31(39)27(19-22-8-3-1-4-9-22)36-32(40)41-21-23-10-5-2-6-11-23/h2,5-6,10-11,13-16,18,22,27-28H,1,3-4,7-9,12,17,19-21H2,(H2,33,34)(H,35,38)(H,36,40)/t27-,28+/m1/s1. The van der Waals surface area contributed by atoms with Crippen molar-refractivity contribution in [3.8, 4) is 0 Å². The monoisotopic (exact) mass is 557 g/mol. The van der Waals surface area contributed by atoms with Gasteiger partial charge in [-0.05, 0) is 53.8 Å². The van der Waals surface area contributed by atoms with Crippen molar-refractivity contribution in [2.45, 2.75) is 76.6 Å². The van der Waals surface area contributed by atoms with Gasteiger partial charge in [0.15, 0.2) is 0 Å². The Kier molecular flexibility index (Phi) is 9.33. The first-order chi connectivity index (χ1) is 20.0. The molecule has 2 fully saturated rings. The highest BCUT2D eigenvalue weighted by Gasteiger charge is 2.38. The molecule has 0 unspecified atom stereocenters. The van der Waals surface area contributed by atoms with Gasteiger partial charge in [0.2, 0.25) is 11.8 Å². The van der Waals surface area contributed by atoms with Crippen LogP contribution in [0.4, 0.5) is 10.6 Å². The van der Waals surface area contributed by atoms with Crippen molar-refractivity contribution in [1.82, 2.24) is 20.5 Å². The first-order valence-electron chi connectivity index (χ1n) is 14.7. The summed E-state index contributed by atoms with van der Waals surface area (Å²) in [4.78, 5) is 45.7. The fraction of sp³-hybridized carbons (Fsp3) is 0.438. The summed E-state index contributed by atoms with van der Waals surface area (Å²) in [5.74, 6) is 0.435. The molecular formula is C32H39N5O4. The third-order valence-electron chi connectivity index (χ3n) is 8.26. The Labute approximate surface area is 240 Å². The predicted molar refractivity (Wildman–Crippen MR) is 157 cm³/mol. The van der Waals surface area contributed by atoms with E-state index in [1.807, 2.05) is 54.6 Å². The van der Waals surface area contributed by atoms with Gasteiger partial charge in [0.1, 0.15) is 24.5 Å². The molecule has 1 aromatic heterocycles. The Balaban J connectivity index is 1.22. The van der Waals surface area contributed by atoms with E-state index in [-0.39, 0.29) is 18.4 Å². The smallest absolute Gasteiger partial charge is 0.408 e. The van der Waals surface area contributed by atoms with Gasteiger partial charge in [-0.2, -0.15) is 0 Å². The minimum atomic E-state index is -0.727. The second-order valence-electron chi connectivity index (χ2n) is 11.2. The van der Waals surface area contributed by atoms with Crippen molar-refractivity contribution in [2.75, 3.05) is 12.3 Å². The van der Waals surface area contributed by atoms with Crippen LogP contribution in [0.15, 0.2) is 60.8 Å². The van der Waals surface area contributed by atoms with E-state index in [2.05, 4.69) is 15.6 Å². The molecule has 5 rings (SSSR count). The van der Waals surface area contributed by atoms with Gasteiger partial charge in [-0.3, -0.25) is 9.59 Å². The summed E-state index contributed by atoms with van der Waals surface area (Å²) >= 11 is 0. The zero-order valence-electron chi connectivity index (χ0n) is 23.4. The molecule has 2 aliphatic rings. The summed E-state index contributed by atoms with van der Waals surface area (Å²) < 4.78 is 5.45. The fourth-order valence-corrected chi connectivity index (χ4v) is 6.06. The average molecular weight is 558 g/mol. The van der Waals surface area contributed by atoms with Crippen LogP contribution in [0.3, 0.4) is 0 Å². The third kappa shape index (κ3) is 7.34. The van der Waals surface area contributed by atoms with Crippen LogP contribution < -0.4 is 16.4 Å². The third-order valence-corrected chi connectivity index (χ3v) is 8.26. The molecule has 9 nitrogen and oxygen atoms in total. The molecule has 1 aliphatic heterocycles. The van der Waals surface area contributed by atoms with Crippen LogP contribution in [-0.2, 0) is 27.5 Å². The normalized spacial score (nSPS) is 18.1. The van der Waals surface area contributed by atoms with E-state index in [0.717, 1.165) is 54.0 Å². The largest absolute Gasteiger partial charge is 0.445 e. The Morgan fingerprint density at radius 1 is 0.976 bits per heavy atom. The van der Waals surface area contributed by atoms with E-state index >= 15 is 0 Å². The number of carbonyl (C=O) groups excluding carboxylic acids is 3. The number of fused-ring (bicyclic) bond motifs is 1. The van der Waals surface area contributed by atoms with E-state index in [9.17, 15) is 14.4 Å². The van der Waals surface area contributed by atoms with Crippen molar-refractivity contribution in [3.05, 3.63) is 71.9 Å². The van der Waals surface area contributed by atoms with Crippen LogP contribution >= 0.6 is 0 Å². The van der Waals surface area contributed by atoms with Gasteiger partial charge in [0.25, 0.3) is 0 Å². The number of hydrogen-bond acceptors (Lipinski definition) is 6. The fourth-order valence-electron chi connectivity index (χ4n) is 6.06. The van der Waals surface area contributed by atoms with Crippen molar-refractivity contribution < 1.29 is 19.1 Å². The molecule has 2 aromatic carbocycles. The molecule has 0 bridgehead atoms. The minimum Gasteiger partial charge on any atom is -0.445 e. The number of nitrogens with one attached hydrogen (secondary N) is 2. The van der Waals surface area contributed by atoms with E-state index in [0.29, 0.717) is 37.7 Å². The maximum Gasteiger partial charge on any atom is 0.408 e. The van der Waals surface area contributed by atoms with E-state index in [4.69, 9.17) is 10.5 Å². The summed E-state index contributed by atoms with van der Waals surface area (Å²) in [5.41, 5.74) is 7.77. The molecule has 1 aliphatic carbocycles. The summed E-state index contributed by atoms with van der Waals surface area (Å²) in [7, 11) is 0. The summed E-state index contributed by atoms with van der Waals surface area (Å²) in [6, 6.07) is 15.8. The van der Waals surface area contributed by atoms with Gasteiger partial charge < -0.3 is 26.0 Å². The Bertz CT molecular complexity index is 1360. The molecular weight excluding hydrogens is 518 g/mol. The van der Waals surface area contributed by atoms with Crippen LogP contribution in [-0.4, -0.2) is 46.4 Å². The quantitative estimate of drug-likeness (QED) is 0.350. The predicted octanol–water partition coefficient (Wildman–Crippen LogP) is 4.69. The van der Waals surface area contributed by atoms with Gasteiger partial charge in [-0.15, -0.1) is 0 Å². The van der Waals surface area contributed by atoms with Gasteiger partial charge in [-0.1, -0.05) is 74.6 Å². The lowest BCUT2D eigenvalue weighted by atomic mass is 9.84. The number of aromatic nitrogens is 1. The molecule has 3 amide bonds. The summed E-state index contributed by atoms with van der Waals surface area (Å²) in [5, 5.41) is 7.69. The first-order valence-corrected chi connectivity index (χ1v) is 14.7. The van der Waals surface area contributed by atoms with Crippen LogP contribution in [0, 0.1) is 5.92 Å². The number of amides is 3. The topological polar surface area (TPSA) is 127 Å². The Morgan fingerprint density at radius 2 is 1.78 bits per heavy atom. The molecule has 1 saturated carbocycles. The van der Waals surface area contributed by atoms with Crippen molar-refractivity contribution in [3.63, 3.8) is 0 Å². The molecule has 0 radical (unpaired) electrons. The number of alkyl carbamates (subject to hydrolysis) is 1. The number of anilines is 1. The number of likely N-dealkylation sites (tertiary alicyclic amines) is 1. The number of benzene rings is 2. The van der Waals surface area contributed by atoms with Gasteiger partial charge >= 0.3 is 6.09 Å². The zero-order valence-corrected chi connectivity index (χ0v) is 23.4. The highest BCUT2D eigenvalue weighted by molar-refractivity contribution is 5.93. The lowest BCUT2D eigenvalue weighted by molar-refractivity contribution is -0.140. The highest BCUT2D eigenvalue weighted by Crippen LogP contribution is 2.29. The van der Waals surface area contributed by atoms with E-state index in [1.54, 1.807) is 11.1 Å². The zero-order chi connectivity index (χ0) is 28.6. The number of hydrogen-bond donors (Lipinski definition) is 3. The molecule has 41 heavy (non-hydrogen) atoms. The molecule has 9 heteroatoms. The van der Waals surface area contributed by atoms with Crippen LogP contribution in [0.1, 0.15) is 62.5 Å². The molecule has 2 heterocycles. The molecule has 4 N–H and O–H groups in total. The highest BCUT2D eigenvalue weighted by atomic mass is 16.5. The Hall–Kier alpha value is -4.14. The van der Waals surface area contributed by atoms with E-state index < -0.39 is 18.2 Å². The van der Waals surface area contributed by atoms with Crippen LogP contribution in [0.2, 0.25) is 0 Å². The summed E-state index contributed by atoms with van der Waals surface area (Å²) in [6.07, 6.45) is 8.49. The van der Waals surface area contributed by atoms with Crippen molar-refractivity contribution in [2.24, 2.45) is 5.92 Å². The van der Waals surface area contributed by atoms with Crippen molar-refractivity contribution >= 4 is 34.5 Å². The molecule has 2 atom stereocenters. The number of nitrogens with zero attached hydrogens (tertiary/aromatic N) is 2. The average Bonchev–Trinajstić information content (AvgIpc) is 3.49. The lowest BCUT2D eigenvalue weighted by Gasteiger charge is -2.31. The minimum absolute atomic E-state index is 0.129. The number of carbonyl (C=O) groups is 3. The maximum atomic E-state index is 13.9.